The van der Waals surface area contributed by atoms with Crippen LogP contribution < -0.4 is 10.0 Å². The molecule has 1 aromatic carbocycles. The molecule has 6 heteroatoms. The van der Waals surface area contributed by atoms with Gasteiger partial charge in [0, 0.05) is 17.8 Å². The largest absolute Gasteiger partial charge is 0.384 e. The van der Waals surface area contributed by atoms with E-state index in [1.807, 2.05) is 4.72 Å². The molecule has 1 aromatic rings. The van der Waals surface area contributed by atoms with Gasteiger partial charge in [0.2, 0.25) is 10.0 Å². The van der Waals surface area contributed by atoms with Crippen molar-refractivity contribution in [2.24, 2.45) is 0 Å². The Bertz CT molecular complexity index is 552. The molecule has 17 heavy (non-hydrogen) atoms. The summed E-state index contributed by atoms with van der Waals surface area (Å²) >= 11 is 0. The molecule has 5 nitrogen and oxygen atoms in total. The molecule has 0 bridgehead atoms. The Morgan fingerprint density at radius 1 is 1.47 bits per heavy atom. The van der Waals surface area contributed by atoms with Crippen molar-refractivity contribution in [1.82, 2.24) is 4.72 Å². The highest BCUT2D eigenvalue weighted by Crippen LogP contribution is 2.22. The molecule has 0 unspecified atom stereocenters. The van der Waals surface area contributed by atoms with Crippen LogP contribution >= 0.6 is 0 Å². The Morgan fingerprint density at radius 3 is 2.94 bits per heavy atom. The summed E-state index contributed by atoms with van der Waals surface area (Å²) in [6.07, 6.45) is 0.858. The smallest absolute Gasteiger partial charge is 0.264 e. The number of sulfonamides is 1. The zero-order chi connectivity index (χ0) is 12.5. The number of nitrogens with one attached hydrogen (secondary N) is 2. The van der Waals surface area contributed by atoms with Gasteiger partial charge in [-0.1, -0.05) is 0 Å². The number of fused-ring (bicyclic) bond motifs is 1. The van der Waals surface area contributed by atoms with E-state index in [9.17, 15) is 13.2 Å². The molecule has 1 aliphatic heterocycles. The Kier molecular flexibility index (Phi) is 3.06. The van der Waals surface area contributed by atoms with Crippen molar-refractivity contribution < 1.29 is 13.2 Å². The van der Waals surface area contributed by atoms with Crippen molar-refractivity contribution in [3.63, 3.8) is 0 Å². The van der Waals surface area contributed by atoms with Gasteiger partial charge in [0.1, 0.15) is 0 Å². The van der Waals surface area contributed by atoms with E-state index in [4.69, 9.17) is 0 Å². The summed E-state index contributed by atoms with van der Waals surface area (Å²) in [6.45, 7) is 2.34. The maximum atomic E-state index is 11.7. The Morgan fingerprint density at radius 2 is 2.24 bits per heavy atom. The van der Waals surface area contributed by atoms with Crippen LogP contribution in [-0.4, -0.2) is 26.6 Å². The molecule has 92 valence electrons. The number of amides is 1. The highest BCUT2D eigenvalue weighted by molar-refractivity contribution is 7.90. The lowest BCUT2D eigenvalue weighted by molar-refractivity contribution is 0.0981. The van der Waals surface area contributed by atoms with E-state index in [1.165, 1.54) is 6.92 Å². The van der Waals surface area contributed by atoms with E-state index in [1.54, 1.807) is 18.2 Å². The first-order valence-electron chi connectivity index (χ1n) is 5.43. The van der Waals surface area contributed by atoms with Crippen LogP contribution in [0.25, 0.3) is 0 Å². The average Bonchev–Trinajstić information content (AvgIpc) is 2.75. The van der Waals surface area contributed by atoms with Gasteiger partial charge in [-0.2, -0.15) is 0 Å². The van der Waals surface area contributed by atoms with E-state index in [0.29, 0.717) is 5.56 Å². The molecule has 0 aromatic heterocycles. The lowest BCUT2D eigenvalue weighted by atomic mass is 10.1. The fraction of sp³-hybridized carbons (Fsp3) is 0.364. The highest BCUT2D eigenvalue weighted by atomic mass is 32.2. The maximum Gasteiger partial charge on any atom is 0.264 e. The lowest BCUT2D eigenvalue weighted by Gasteiger charge is -2.06. The third kappa shape index (κ3) is 2.58. The molecule has 1 heterocycles. The standard InChI is InChI=1S/C11H14N2O3S/c1-2-17(15,16)13-11(14)9-3-4-10-8(7-9)5-6-12-10/h3-4,7,12H,2,5-6H2,1H3,(H,13,14). The molecule has 0 aliphatic carbocycles. The number of hydrogen-bond donors (Lipinski definition) is 2. The van der Waals surface area contributed by atoms with Gasteiger partial charge in [-0.05, 0) is 37.1 Å². The normalized spacial score (nSPS) is 13.9. The number of rotatable bonds is 3. The summed E-state index contributed by atoms with van der Waals surface area (Å²) in [5.74, 6) is -0.674. The van der Waals surface area contributed by atoms with Crippen LogP contribution in [0.2, 0.25) is 0 Å². The van der Waals surface area contributed by atoms with Gasteiger partial charge in [-0.25, -0.2) is 13.1 Å². The van der Waals surface area contributed by atoms with Crippen LogP contribution in [0, 0.1) is 0 Å². The first-order valence-corrected chi connectivity index (χ1v) is 7.08. The summed E-state index contributed by atoms with van der Waals surface area (Å²) in [4.78, 5) is 11.7. The van der Waals surface area contributed by atoms with Crippen LogP contribution in [-0.2, 0) is 16.4 Å². The van der Waals surface area contributed by atoms with Gasteiger partial charge in [0.05, 0.1) is 5.75 Å². The Labute approximate surface area is 100 Å². The van der Waals surface area contributed by atoms with Crippen LogP contribution in [0.3, 0.4) is 0 Å². The molecule has 1 amide bonds. The zero-order valence-electron chi connectivity index (χ0n) is 9.49. The quantitative estimate of drug-likeness (QED) is 0.834. The molecule has 0 saturated heterocycles. The predicted octanol–water partition coefficient (Wildman–Crippen LogP) is 0.734. The minimum atomic E-state index is -3.50. The van der Waals surface area contributed by atoms with Crippen LogP contribution in [0.5, 0.6) is 0 Å². The summed E-state index contributed by atoms with van der Waals surface area (Å²) in [5.41, 5.74) is 2.44. The Hall–Kier alpha value is -1.56. The summed E-state index contributed by atoms with van der Waals surface area (Å²) in [6, 6.07) is 5.16. The SMILES string of the molecule is CCS(=O)(=O)NC(=O)c1ccc2c(c1)CCN2. The number of carbonyl (C=O) groups is 1. The van der Waals surface area contributed by atoms with Gasteiger partial charge in [0.15, 0.2) is 0 Å². The summed E-state index contributed by atoms with van der Waals surface area (Å²) < 4.78 is 24.6. The molecule has 0 saturated carbocycles. The second-order valence-corrected chi connectivity index (χ2v) is 5.89. The second-order valence-electron chi connectivity index (χ2n) is 3.88. The molecule has 0 atom stereocenters. The lowest BCUT2D eigenvalue weighted by Crippen LogP contribution is -2.31. The molecule has 0 radical (unpaired) electrons. The van der Waals surface area contributed by atoms with Crippen molar-refractivity contribution in [3.8, 4) is 0 Å². The molecular formula is C11H14N2O3S. The third-order valence-corrected chi connectivity index (χ3v) is 3.96. The van der Waals surface area contributed by atoms with E-state index in [0.717, 1.165) is 24.2 Å². The molecular weight excluding hydrogens is 240 g/mol. The van der Waals surface area contributed by atoms with Crippen molar-refractivity contribution in [1.29, 1.82) is 0 Å². The van der Waals surface area contributed by atoms with E-state index in [-0.39, 0.29) is 5.75 Å². The van der Waals surface area contributed by atoms with Crippen LogP contribution in [0.4, 0.5) is 5.69 Å². The van der Waals surface area contributed by atoms with Crippen LogP contribution in [0.15, 0.2) is 18.2 Å². The predicted molar refractivity (Wildman–Crippen MR) is 65.6 cm³/mol. The molecule has 2 N–H and O–H groups in total. The fourth-order valence-electron chi connectivity index (χ4n) is 1.72. The van der Waals surface area contributed by atoms with Crippen molar-refractivity contribution in [2.75, 3.05) is 17.6 Å². The van der Waals surface area contributed by atoms with E-state index >= 15 is 0 Å². The molecule has 0 spiro atoms. The van der Waals surface area contributed by atoms with Crippen LogP contribution in [0.1, 0.15) is 22.8 Å². The van der Waals surface area contributed by atoms with Crippen molar-refractivity contribution >= 4 is 21.6 Å². The number of carbonyl (C=O) groups excluding carboxylic acids is 1. The number of anilines is 1. The molecule has 1 aliphatic rings. The van der Waals surface area contributed by atoms with Crippen molar-refractivity contribution in [3.05, 3.63) is 29.3 Å². The number of benzene rings is 1. The summed E-state index contributed by atoms with van der Waals surface area (Å²) in [5, 5.41) is 3.18. The molecule has 2 rings (SSSR count). The summed E-state index contributed by atoms with van der Waals surface area (Å²) in [7, 11) is -3.50. The fourth-order valence-corrected chi connectivity index (χ4v) is 2.26. The van der Waals surface area contributed by atoms with Gasteiger partial charge in [-0.15, -0.1) is 0 Å². The van der Waals surface area contributed by atoms with Gasteiger partial charge < -0.3 is 5.32 Å². The van der Waals surface area contributed by atoms with E-state index in [2.05, 4.69) is 5.32 Å². The first kappa shape index (κ1) is 11.9. The Balaban J connectivity index is 2.21. The topological polar surface area (TPSA) is 75.3 Å². The van der Waals surface area contributed by atoms with Crippen molar-refractivity contribution in [2.45, 2.75) is 13.3 Å². The molecule has 0 fully saturated rings. The second kappa shape index (κ2) is 4.37. The average molecular weight is 254 g/mol. The monoisotopic (exact) mass is 254 g/mol. The minimum absolute atomic E-state index is 0.106. The maximum absolute atomic E-state index is 11.7. The highest BCUT2D eigenvalue weighted by Gasteiger charge is 2.16. The number of hydrogen-bond acceptors (Lipinski definition) is 4. The first-order chi connectivity index (χ1) is 8.02. The van der Waals surface area contributed by atoms with Gasteiger partial charge >= 0.3 is 0 Å². The minimum Gasteiger partial charge on any atom is -0.384 e. The van der Waals surface area contributed by atoms with Gasteiger partial charge in [0.25, 0.3) is 5.91 Å². The zero-order valence-corrected chi connectivity index (χ0v) is 10.3. The third-order valence-electron chi connectivity index (χ3n) is 2.71. The van der Waals surface area contributed by atoms with E-state index < -0.39 is 15.9 Å². The van der Waals surface area contributed by atoms with Gasteiger partial charge in [-0.3, -0.25) is 4.79 Å².